The molecule has 1 N–H and O–H groups in total. The zero-order valence-electron chi connectivity index (χ0n) is 23.2. The topological polar surface area (TPSA) is 74.0 Å². The molecule has 0 amide bonds. The molecule has 0 fully saturated rings. The van der Waals surface area contributed by atoms with Gasteiger partial charge in [0.1, 0.15) is 0 Å². The molecule has 0 unspecified atom stereocenters. The van der Waals surface area contributed by atoms with Crippen molar-refractivity contribution in [2.45, 2.75) is 31.1 Å². The van der Waals surface area contributed by atoms with Crippen LogP contribution >= 0.6 is 0 Å². The summed E-state index contributed by atoms with van der Waals surface area (Å²) in [6, 6.07) is 33.1. The molecule has 6 heteroatoms. The molecule has 1 aromatic heterocycles. The average molecular weight is 764 g/mol. The van der Waals surface area contributed by atoms with Gasteiger partial charge in [0.05, 0.1) is 5.76 Å². The van der Waals surface area contributed by atoms with Gasteiger partial charge >= 0.3 is 186 Å². The molecule has 0 aliphatic rings. The van der Waals surface area contributed by atoms with E-state index in [2.05, 4.69) is 82.9 Å². The monoisotopic (exact) mass is 766 g/mol. The van der Waals surface area contributed by atoms with Crippen molar-refractivity contribution in [3.05, 3.63) is 109 Å². The van der Waals surface area contributed by atoms with Gasteiger partial charge in [0.2, 0.25) is 0 Å². The third kappa shape index (κ3) is 7.14. The van der Waals surface area contributed by atoms with E-state index in [1.54, 1.807) is 0 Å². The van der Waals surface area contributed by atoms with E-state index >= 15 is 0 Å². The number of aliphatic hydroxyl groups excluding tert-OH is 1. The number of ketones is 1. The molecule has 0 atom stereocenters. The summed E-state index contributed by atoms with van der Waals surface area (Å²) in [6.07, 6.45) is 3.02. The van der Waals surface area contributed by atoms with E-state index in [1.807, 2.05) is 36.5 Å². The van der Waals surface area contributed by atoms with Crippen molar-refractivity contribution < 1.29 is 30.0 Å². The van der Waals surface area contributed by atoms with E-state index in [0.717, 1.165) is 32.8 Å². The first-order valence-electron chi connectivity index (χ1n) is 12.8. The van der Waals surface area contributed by atoms with E-state index < -0.39 is 13.3 Å². The van der Waals surface area contributed by atoms with E-state index in [1.165, 1.54) is 35.4 Å². The average Bonchev–Trinajstić information content (AvgIpc) is 2.91. The van der Waals surface area contributed by atoms with Crippen molar-refractivity contribution in [3.63, 3.8) is 0 Å². The SMILES string of the molecule is CC(=O)/C=C(/C)O.[CH3][Ge]([CH3])([CH3])[c]1ccccc1-c1ccc2c(-c3[c-]c4ccccc4c(C#N)c3)nccc2c1.[Ir]. The van der Waals surface area contributed by atoms with Crippen molar-refractivity contribution in [3.8, 4) is 28.5 Å². The first kappa shape index (κ1) is 31.0. The summed E-state index contributed by atoms with van der Waals surface area (Å²) in [5.74, 6) is 7.24. The van der Waals surface area contributed by atoms with Crippen LogP contribution in [0.15, 0.2) is 96.9 Å². The van der Waals surface area contributed by atoms with Gasteiger partial charge in [0.25, 0.3) is 0 Å². The summed E-state index contributed by atoms with van der Waals surface area (Å²) in [5, 5.41) is 22.1. The quantitative estimate of drug-likeness (QED) is 0.0873. The third-order valence-electron chi connectivity index (χ3n) is 6.37. The predicted molar refractivity (Wildman–Crippen MR) is 164 cm³/mol. The first-order valence-corrected chi connectivity index (χ1v) is 20.1. The van der Waals surface area contributed by atoms with Gasteiger partial charge in [0.15, 0.2) is 5.78 Å². The predicted octanol–water partition coefficient (Wildman–Crippen LogP) is 7.97. The van der Waals surface area contributed by atoms with Crippen LogP contribution in [0.2, 0.25) is 17.3 Å². The fraction of sp³-hybridized carbons (Fsp3) is 0.147. The maximum absolute atomic E-state index is 10.0. The van der Waals surface area contributed by atoms with Crippen LogP contribution in [0.25, 0.3) is 43.9 Å². The number of carbonyl (C=O) groups is 1. The van der Waals surface area contributed by atoms with Crippen molar-refractivity contribution in [2.75, 3.05) is 0 Å². The van der Waals surface area contributed by atoms with Gasteiger partial charge in [-0.1, -0.05) is 6.07 Å². The number of carbonyl (C=O) groups excluding carboxylic acids is 1. The Balaban J connectivity index is 0.000000492. The summed E-state index contributed by atoms with van der Waals surface area (Å²) >= 11 is -2.01. The fourth-order valence-corrected chi connectivity index (χ4v) is 8.12. The third-order valence-corrected chi connectivity index (χ3v) is 10.7. The van der Waals surface area contributed by atoms with Gasteiger partial charge in [0, 0.05) is 26.2 Å². The Morgan fingerprint density at radius 2 is 1.65 bits per heavy atom. The maximum atomic E-state index is 10.0. The molecular formula is C34H31GeIrN2O2-. The van der Waals surface area contributed by atoms with E-state index in [-0.39, 0.29) is 31.6 Å². The number of pyridine rings is 1. The molecule has 4 aromatic carbocycles. The molecule has 1 radical (unpaired) electrons. The second-order valence-electron chi connectivity index (χ2n) is 10.5. The summed E-state index contributed by atoms with van der Waals surface area (Å²) in [6.45, 7) is 2.85. The molecule has 40 heavy (non-hydrogen) atoms. The summed E-state index contributed by atoms with van der Waals surface area (Å²) < 4.78 is 1.52. The molecule has 203 valence electrons. The summed E-state index contributed by atoms with van der Waals surface area (Å²) in [5.41, 5.74) is 4.94. The Kier molecular flexibility index (Phi) is 10.2. The number of hydrogen-bond donors (Lipinski definition) is 1. The van der Waals surface area contributed by atoms with Crippen LogP contribution < -0.4 is 4.40 Å². The number of aliphatic hydroxyl groups is 1. The summed E-state index contributed by atoms with van der Waals surface area (Å²) in [7, 11) is 0. The van der Waals surface area contributed by atoms with Gasteiger partial charge in [-0.05, 0) is 13.8 Å². The zero-order valence-corrected chi connectivity index (χ0v) is 27.7. The van der Waals surface area contributed by atoms with Crippen LogP contribution in [-0.4, -0.2) is 29.1 Å². The molecule has 4 nitrogen and oxygen atoms in total. The van der Waals surface area contributed by atoms with Crippen molar-refractivity contribution in [2.24, 2.45) is 0 Å². The normalized spacial score (nSPS) is 11.2. The van der Waals surface area contributed by atoms with Gasteiger partial charge < -0.3 is 5.11 Å². The Hall–Kier alpha value is -3.56. The standard InChI is InChI=1S/C29H23GeN2.C5H8O2.Ir/c1-30(2,3)28-11-7-6-10-26(28)21-12-13-27-22(16-21)14-15-32-29(27)23-17-20-8-4-5-9-25(20)24(18-23)19-31;1-4(6)3-5(2)7;/h4-16,18H,1-3H3;3,6H,1-2H3;/q-1;;/b;4-3-;. The molecular weight excluding hydrogens is 733 g/mol. The number of nitrogens with zero attached hydrogens (tertiary/aromatic N) is 2. The van der Waals surface area contributed by atoms with Gasteiger partial charge in [-0.25, -0.2) is 0 Å². The minimum absolute atomic E-state index is 0. The number of aromatic nitrogens is 1. The fourth-order valence-electron chi connectivity index (χ4n) is 4.69. The molecule has 5 aromatic rings. The van der Waals surface area contributed by atoms with Crippen LogP contribution in [0.4, 0.5) is 0 Å². The number of rotatable bonds is 4. The molecule has 0 saturated heterocycles. The second-order valence-corrected chi connectivity index (χ2v) is 21.1. The molecule has 5 rings (SSSR count). The van der Waals surface area contributed by atoms with E-state index in [9.17, 15) is 10.1 Å². The zero-order chi connectivity index (χ0) is 28.2. The molecule has 0 bridgehead atoms. The minimum atomic E-state index is -2.01. The van der Waals surface area contributed by atoms with Gasteiger partial charge in [-0.15, -0.1) is 0 Å². The van der Waals surface area contributed by atoms with Crippen LogP contribution in [0.3, 0.4) is 0 Å². The van der Waals surface area contributed by atoms with Crippen molar-refractivity contribution in [1.29, 1.82) is 5.26 Å². The molecule has 0 aliphatic heterocycles. The van der Waals surface area contributed by atoms with Gasteiger partial charge in [-0.2, -0.15) is 0 Å². The molecule has 0 spiro atoms. The Morgan fingerprint density at radius 1 is 0.950 bits per heavy atom. The maximum Gasteiger partial charge on any atom is 0 e. The van der Waals surface area contributed by atoms with Gasteiger partial charge in [-0.3, -0.25) is 4.79 Å². The molecule has 0 aliphatic carbocycles. The van der Waals surface area contributed by atoms with Crippen LogP contribution in [0.1, 0.15) is 19.4 Å². The number of fused-ring (bicyclic) bond motifs is 2. The smallest absolute Gasteiger partial charge is 0 e. The largest absolute Gasteiger partial charge is 0 e. The number of allylic oxidation sites excluding steroid dienone is 2. The van der Waals surface area contributed by atoms with Crippen molar-refractivity contribution >= 4 is 45.0 Å². The van der Waals surface area contributed by atoms with Crippen molar-refractivity contribution in [1.82, 2.24) is 4.98 Å². The van der Waals surface area contributed by atoms with Crippen LogP contribution in [-0.2, 0) is 24.9 Å². The number of benzene rings is 4. The Labute approximate surface area is 252 Å². The summed E-state index contributed by atoms with van der Waals surface area (Å²) in [4.78, 5) is 14.7. The molecule has 1 heterocycles. The Morgan fingerprint density at radius 3 is 2.30 bits per heavy atom. The number of nitriles is 1. The minimum Gasteiger partial charge on any atom is 0 e. The second kappa shape index (κ2) is 13.2. The molecule has 0 saturated carbocycles. The first-order chi connectivity index (χ1) is 18.6. The Bertz CT molecular complexity index is 1760. The number of hydrogen-bond acceptors (Lipinski definition) is 4. The van der Waals surface area contributed by atoms with Crippen LogP contribution in [0.5, 0.6) is 0 Å². The van der Waals surface area contributed by atoms with E-state index in [0.29, 0.717) is 5.56 Å². The van der Waals surface area contributed by atoms with E-state index in [4.69, 9.17) is 5.11 Å². The van der Waals surface area contributed by atoms with Crippen LogP contribution in [0, 0.1) is 17.4 Å².